The first-order valence-corrected chi connectivity index (χ1v) is 10.7. The van der Waals surface area contributed by atoms with Crippen LogP contribution in [0.1, 0.15) is 16.7 Å². The second kappa shape index (κ2) is 12.0. The summed E-state index contributed by atoms with van der Waals surface area (Å²) in [5.41, 5.74) is 6.11. The van der Waals surface area contributed by atoms with Crippen LogP contribution in [0.15, 0.2) is 71.8 Å². The minimum atomic E-state index is -0.918. The van der Waals surface area contributed by atoms with Gasteiger partial charge < -0.3 is 20.1 Å². The largest absolute Gasteiger partial charge is 0.497 e. The predicted molar refractivity (Wildman–Crippen MR) is 134 cm³/mol. The van der Waals surface area contributed by atoms with Gasteiger partial charge >= 0.3 is 11.8 Å². The number of amides is 3. The molecule has 0 aromatic heterocycles. The second-order valence-corrected chi connectivity index (χ2v) is 7.54. The molecule has 35 heavy (non-hydrogen) atoms. The molecule has 9 nitrogen and oxygen atoms in total. The van der Waals surface area contributed by atoms with Crippen LogP contribution in [0.4, 0.5) is 11.4 Å². The van der Waals surface area contributed by atoms with Crippen LogP contribution in [-0.2, 0) is 14.4 Å². The van der Waals surface area contributed by atoms with Crippen molar-refractivity contribution in [1.82, 2.24) is 5.43 Å². The van der Waals surface area contributed by atoms with Gasteiger partial charge in [-0.15, -0.1) is 0 Å². The average molecular weight is 475 g/mol. The number of benzene rings is 3. The number of aryl methyl sites for hydroxylation is 1. The number of carbonyl (C=O) groups is 3. The van der Waals surface area contributed by atoms with Crippen molar-refractivity contribution in [3.05, 3.63) is 83.4 Å². The van der Waals surface area contributed by atoms with Crippen LogP contribution in [0, 0.1) is 13.8 Å². The predicted octanol–water partition coefficient (Wildman–Crippen LogP) is 3.42. The lowest BCUT2D eigenvalue weighted by Gasteiger charge is -2.11. The normalized spacial score (nSPS) is 10.5. The zero-order chi connectivity index (χ0) is 25.2. The van der Waals surface area contributed by atoms with Gasteiger partial charge in [-0.2, -0.15) is 5.10 Å². The molecule has 0 aliphatic carbocycles. The smallest absolute Gasteiger partial charge is 0.329 e. The highest BCUT2D eigenvalue weighted by molar-refractivity contribution is 6.39. The first-order chi connectivity index (χ1) is 16.9. The quantitative estimate of drug-likeness (QED) is 0.263. The van der Waals surface area contributed by atoms with E-state index in [2.05, 4.69) is 21.2 Å². The maximum atomic E-state index is 12.2. The summed E-state index contributed by atoms with van der Waals surface area (Å²) in [6, 6.07) is 19.1. The molecule has 0 spiro atoms. The van der Waals surface area contributed by atoms with Gasteiger partial charge in [-0.05, 0) is 73.0 Å². The molecule has 3 aromatic rings. The average Bonchev–Trinajstić information content (AvgIpc) is 2.86. The molecule has 0 aliphatic rings. The highest BCUT2D eigenvalue weighted by Crippen LogP contribution is 2.18. The molecular formula is C26H26N4O5. The van der Waals surface area contributed by atoms with Crippen molar-refractivity contribution in [3.63, 3.8) is 0 Å². The Kier molecular flexibility index (Phi) is 8.55. The van der Waals surface area contributed by atoms with Gasteiger partial charge in [0.05, 0.1) is 13.3 Å². The Hall–Kier alpha value is -4.66. The Morgan fingerprint density at radius 1 is 0.886 bits per heavy atom. The van der Waals surface area contributed by atoms with E-state index >= 15 is 0 Å². The zero-order valence-electron chi connectivity index (χ0n) is 19.6. The number of hydrazone groups is 1. The first-order valence-electron chi connectivity index (χ1n) is 10.7. The van der Waals surface area contributed by atoms with Gasteiger partial charge in [0.25, 0.3) is 5.91 Å². The van der Waals surface area contributed by atoms with E-state index in [9.17, 15) is 14.4 Å². The van der Waals surface area contributed by atoms with Crippen LogP contribution in [0.5, 0.6) is 11.5 Å². The monoisotopic (exact) mass is 474 g/mol. The van der Waals surface area contributed by atoms with E-state index in [1.54, 1.807) is 48.5 Å². The van der Waals surface area contributed by atoms with Crippen LogP contribution < -0.4 is 25.5 Å². The molecule has 3 rings (SSSR count). The van der Waals surface area contributed by atoms with Gasteiger partial charge in [0.15, 0.2) is 6.61 Å². The summed E-state index contributed by atoms with van der Waals surface area (Å²) in [6.45, 7) is 3.79. The molecule has 0 aliphatic heterocycles. The van der Waals surface area contributed by atoms with Crippen LogP contribution in [0.2, 0.25) is 0 Å². The minimum absolute atomic E-state index is 0.140. The number of nitrogens with one attached hydrogen (secondary N) is 3. The van der Waals surface area contributed by atoms with Crippen molar-refractivity contribution in [3.8, 4) is 11.5 Å². The number of hydrogen-bond acceptors (Lipinski definition) is 6. The number of anilines is 2. The lowest BCUT2D eigenvalue weighted by Crippen LogP contribution is -2.32. The fourth-order valence-corrected chi connectivity index (χ4v) is 2.98. The Labute approximate surface area is 203 Å². The molecule has 0 fully saturated rings. The van der Waals surface area contributed by atoms with Crippen LogP contribution in [-0.4, -0.2) is 37.7 Å². The Morgan fingerprint density at radius 2 is 1.63 bits per heavy atom. The van der Waals surface area contributed by atoms with Crippen LogP contribution in [0.3, 0.4) is 0 Å². The third-order valence-corrected chi connectivity index (χ3v) is 5.04. The van der Waals surface area contributed by atoms with Gasteiger partial charge in [-0.3, -0.25) is 14.4 Å². The third kappa shape index (κ3) is 7.43. The summed E-state index contributed by atoms with van der Waals surface area (Å²) in [4.78, 5) is 36.1. The lowest BCUT2D eigenvalue weighted by molar-refractivity contribution is -0.136. The van der Waals surface area contributed by atoms with E-state index in [1.165, 1.54) is 13.3 Å². The number of methoxy groups -OCH3 is 1. The van der Waals surface area contributed by atoms with Crippen molar-refractivity contribution < 1.29 is 23.9 Å². The Morgan fingerprint density at radius 3 is 2.37 bits per heavy atom. The van der Waals surface area contributed by atoms with Crippen LogP contribution in [0.25, 0.3) is 0 Å². The van der Waals surface area contributed by atoms with Crippen molar-refractivity contribution in [2.24, 2.45) is 5.10 Å². The van der Waals surface area contributed by atoms with Crippen molar-refractivity contribution in [1.29, 1.82) is 0 Å². The Bertz CT molecular complexity index is 1240. The Balaban J connectivity index is 1.44. The van der Waals surface area contributed by atoms with Crippen molar-refractivity contribution in [2.45, 2.75) is 13.8 Å². The molecule has 0 heterocycles. The fourth-order valence-electron chi connectivity index (χ4n) is 2.98. The van der Waals surface area contributed by atoms with E-state index in [4.69, 9.17) is 9.47 Å². The third-order valence-electron chi connectivity index (χ3n) is 5.04. The number of ether oxygens (including phenoxy) is 2. The van der Waals surface area contributed by atoms with E-state index in [0.29, 0.717) is 22.7 Å². The number of rotatable bonds is 8. The summed E-state index contributed by atoms with van der Waals surface area (Å²) < 4.78 is 10.6. The van der Waals surface area contributed by atoms with Gasteiger partial charge in [0.2, 0.25) is 0 Å². The topological polar surface area (TPSA) is 118 Å². The standard InChI is InChI=1S/C26H26N4O5/c1-17-6-4-9-23(18(17)2)29-24(31)16-35-21-12-10-19(11-13-21)15-27-30-26(33)25(32)28-20-7-5-8-22(14-20)34-3/h4-15H,16H2,1-3H3,(H,28,32)(H,29,31)(H,30,33)/b27-15-. The van der Waals surface area contributed by atoms with E-state index in [1.807, 2.05) is 32.0 Å². The summed E-state index contributed by atoms with van der Waals surface area (Å²) in [6.07, 6.45) is 1.38. The molecule has 3 aromatic carbocycles. The minimum Gasteiger partial charge on any atom is -0.497 e. The highest BCUT2D eigenvalue weighted by atomic mass is 16.5. The van der Waals surface area contributed by atoms with E-state index in [0.717, 1.165) is 16.8 Å². The number of hydrogen-bond donors (Lipinski definition) is 3. The molecule has 3 N–H and O–H groups in total. The van der Waals surface area contributed by atoms with Crippen LogP contribution >= 0.6 is 0 Å². The van der Waals surface area contributed by atoms with E-state index < -0.39 is 11.8 Å². The molecule has 0 unspecified atom stereocenters. The van der Waals surface area contributed by atoms with Gasteiger partial charge in [0.1, 0.15) is 11.5 Å². The summed E-state index contributed by atoms with van der Waals surface area (Å²) in [7, 11) is 1.51. The molecule has 180 valence electrons. The maximum absolute atomic E-state index is 12.2. The number of nitrogens with zero attached hydrogens (tertiary/aromatic N) is 1. The van der Waals surface area contributed by atoms with Crippen molar-refractivity contribution in [2.75, 3.05) is 24.4 Å². The summed E-state index contributed by atoms with van der Waals surface area (Å²) in [5, 5.41) is 9.09. The zero-order valence-corrected chi connectivity index (χ0v) is 19.6. The van der Waals surface area contributed by atoms with Gasteiger partial charge in [0, 0.05) is 17.4 Å². The van der Waals surface area contributed by atoms with Gasteiger partial charge in [-0.25, -0.2) is 5.43 Å². The first kappa shape index (κ1) is 25.0. The van der Waals surface area contributed by atoms with Crippen molar-refractivity contribution >= 4 is 35.3 Å². The molecule has 0 saturated carbocycles. The van der Waals surface area contributed by atoms with Gasteiger partial charge in [-0.1, -0.05) is 18.2 Å². The summed E-state index contributed by atoms with van der Waals surface area (Å²) >= 11 is 0. The molecule has 3 amide bonds. The maximum Gasteiger partial charge on any atom is 0.329 e. The lowest BCUT2D eigenvalue weighted by atomic mass is 10.1. The fraction of sp³-hybridized carbons (Fsp3) is 0.154. The molecule has 0 radical (unpaired) electrons. The molecule has 0 bridgehead atoms. The highest BCUT2D eigenvalue weighted by Gasteiger charge is 2.13. The summed E-state index contributed by atoms with van der Waals surface area (Å²) in [5.74, 6) is -0.993. The molecule has 0 atom stereocenters. The molecule has 0 saturated heterocycles. The number of carbonyl (C=O) groups excluding carboxylic acids is 3. The van der Waals surface area contributed by atoms with E-state index in [-0.39, 0.29) is 12.5 Å². The molecule has 9 heteroatoms. The molecular weight excluding hydrogens is 448 g/mol. The SMILES string of the molecule is COc1cccc(NC(=O)C(=O)N/N=C\c2ccc(OCC(=O)Nc3cccc(C)c3C)cc2)c1. The second-order valence-electron chi connectivity index (χ2n) is 7.54.